The van der Waals surface area contributed by atoms with E-state index in [1.165, 1.54) is 42.7 Å². The van der Waals surface area contributed by atoms with Crippen molar-refractivity contribution in [2.75, 3.05) is 5.32 Å². The maximum absolute atomic E-state index is 13.1. The molecule has 2 aromatic carbocycles. The fraction of sp³-hybridized carbons (Fsp3) is 0. The van der Waals surface area contributed by atoms with Crippen molar-refractivity contribution in [2.24, 2.45) is 0 Å². The third-order valence-corrected chi connectivity index (χ3v) is 4.24. The van der Waals surface area contributed by atoms with Crippen LogP contribution < -0.4 is 10.6 Å². The van der Waals surface area contributed by atoms with Crippen LogP contribution in [0.15, 0.2) is 77.0 Å². The van der Waals surface area contributed by atoms with Crippen LogP contribution >= 0.6 is 22.6 Å². The summed E-state index contributed by atoms with van der Waals surface area (Å²) in [4.78, 5) is 24.9. The predicted molar refractivity (Wildman–Crippen MR) is 108 cm³/mol. The zero-order chi connectivity index (χ0) is 19.2. The van der Waals surface area contributed by atoms with Gasteiger partial charge in [0.05, 0.1) is 6.26 Å². The van der Waals surface area contributed by atoms with E-state index < -0.39 is 17.6 Å². The number of hydrogen-bond acceptors (Lipinski definition) is 3. The maximum atomic E-state index is 13.1. The van der Waals surface area contributed by atoms with E-state index in [9.17, 15) is 14.0 Å². The van der Waals surface area contributed by atoms with E-state index in [-0.39, 0.29) is 11.5 Å². The maximum Gasteiger partial charge on any atom is 0.291 e. The van der Waals surface area contributed by atoms with Gasteiger partial charge in [0, 0.05) is 9.26 Å². The minimum Gasteiger partial charge on any atom is -0.459 e. The Morgan fingerprint density at radius 3 is 2.33 bits per heavy atom. The van der Waals surface area contributed by atoms with Crippen LogP contribution in [-0.4, -0.2) is 11.8 Å². The molecule has 0 spiro atoms. The van der Waals surface area contributed by atoms with Crippen LogP contribution in [0.4, 0.5) is 10.1 Å². The van der Waals surface area contributed by atoms with Crippen LogP contribution in [0.1, 0.15) is 16.1 Å². The number of nitrogens with one attached hydrogen (secondary N) is 2. The zero-order valence-electron chi connectivity index (χ0n) is 13.9. The standard InChI is InChI=1S/C20H14FIN2O3/c21-14-5-3-13(4-6-14)12-17(24-20(26)18-2-1-11-27-18)19(25)23-16-9-7-15(22)8-10-16/h1-12H,(H,23,25)(H,24,26). The highest BCUT2D eigenvalue weighted by molar-refractivity contribution is 14.1. The van der Waals surface area contributed by atoms with Crippen molar-refractivity contribution in [1.82, 2.24) is 5.32 Å². The van der Waals surface area contributed by atoms with Crippen LogP contribution in [-0.2, 0) is 4.79 Å². The summed E-state index contributed by atoms with van der Waals surface area (Å²) in [5.74, 6) is -1.40. The van der Waals surface area contributed by atoms with E-state index in [0.29, 0.717) is 11.3 Å². The first kappa shape index (κ1) is 18.8. The van der Waals surface area contributed by atoms with Crippen LogP contribution in [0.5, 0.6) is 0 Å². The monoisotopic (exact) mass is 476 g/mol. The second kappa shape index (κ2) is 8.63. The number of carbonyl (C=O) groups is 2. The molecule has 5 nitrogen and oxygen atoms in total. The topological polar surface area (TPSA) is 71.3 Å². The van der Waals surface area contributed by atoms with Gasteiger partial charge in [0.15, 0.2) is 5.76 Å². The molecule has 136 valence electrons. The third-order valence-electron chi connectivity index (χ3n) is 3.52. The Labute approximate surface area is 168 Å². The lowest BCUT2D eigenvalue weighted by atomic mass is 10.1. The summed E-state index contributed by atoms with van der Waals surface area (Å²) < 4.78 is 19.2. The number of halogens is 2. The van der Waals surface area contributed by atoms with Gasteiger partial charge in [-0.3, -0.25) is 9.59 Å². The molecular weight excluding hydrogens is 462 g/mol. The van der Waals surface area contributed by atoms with Crippen LogP contribution in [0, 0.1) is 9.39 Å². The normalized spacial score (nSPS) is 11.1. The van der Waals surface area contributed by atoms with Gasteiger partial charge in [-0.15, -0.1) is 0 Å². The van der Waals surface area contributed by atoms with Crippen LogP contribution in [0.3, 0.4) is 0 Å². The van der Waals surface area contributed by atoms with E-state index in [1.54, 1.807) is 18.2 Å². The summed E-state index contributed by atoms with van der Waals surface area (Å²) in [5.41, 5.74) is 1.14. The molecule has 0 radical (unpaired) electrons. The zero-order valence-corrected chi connectivity index (χ0v) is 16.1. The van der Waals surface area contributed by atoms with Crippen molar-refractivity contribution in [1.29, 1.82) is 0 Å². The van der Waals surface area contributed by atoms with E-state index in [1.807, 2.05) is 12.1 Å². The predicted octanol–water partition coefficient (Wildman–Crippen LogP) is 4.43. The molecule has 0 saturated heterocycles. The first-order chi connectivity index (χ1) is 13.0. The molecule has 3 rings (SSSR count). The first-order valence-electron chi connectivity index (χ1n) is 7.90. The molecule has 2 amide bonds. The third kappa shape index (κ3) is 5.27. The second-order valence-corrected chi connectivity index (χ2v) is 6.75. The number of amides is 2. The number of carbonyl (C=O) groups excluding carboxylic acids is 2. The SMILES string of the molecule is O=C(Nc1ccc(I)cc1)C(=Cc1ccc(F)cc1)NC(=O)c1ccco1. The lowest BCUT2D eigenvalue weighted by Gasteiger charge is -2.10. The van der Waals surface area contributed by atoms with Crippen molar-refractivity contribution >= 4 is 46.2 Å². The lowest BCUT2D eigenvalue weighted by Crippen LogP contribution is -2.30. The van der Waals surface area contributed by atoms with Crippen molar-refractivity contribution in [3.05, 3.63) is 93.3 Å². The van der Waals surface area contributed by atoms with Gasteiger partial charge < -0.3 is 15.1 Å². The van der Waals surface area contributed by atoms with Crippen molar-refractivity contribution in [3.8, 4) is 0 Å². The molecule has 1 heterocycles. The summed E-state index contributed by atoms with van der Waals surface area (Å²) in [7, 11) is 0. The molecule has 0 bridgehead atoms. The molecule has 0 aliphatic heterocycles. The summed E-state index contributed by atoms with van der Waals surface area (Å²) in [6.45, 7) is 0. The molecule has 0 aliphatic carbocycles. The molecule has 27 heavy (non-hydrogen) atoms. The highest BCUT2D eigenvalue weighted by Gasteiger charge is 2.16. The van der Waals surface area contributed by atoms with Crippen molar-refractivity contribution in [2.45, 2.75) is 0 Å². The Balaban J connectivity index is 1.85. The summed E-state index contributed by atoms with van der Waals surface area (Å²) in [5, 5.41) is 5.26. The minimum atomic E-state index is -0.564. The number of benzene rings is 2. The molecule has 0 aliphatic rings. The van der Waals surface area contributed by atoms with Crippen molar-refractivity contribution < 1.29 is 18.4 Å². The fourth-order valence-corrected chi connectivity index (χ4v) is 2.57. The van der Waals surface area contributed by atoms with Gasteiger partial charge in [-0.05, 0) is 82.8 Å². The summed E-state index contributed by atoms with van der Waals surface area (Å²) in [6.07, 6.45) is 2.83. The molecule has 3 aromatic rings. The largest absolute Gasteiger partial charge is 0.459 e. The van der Waals surface area contributed by atoms with E-state index in [2.05, 4.69) is 33.2 Å². The quantitative estimate of drug-likeness (QED) is 0.423. The summed E-state index contributed by atoms with van der Waals surface area (Å²) in [6, 6.07) is 15.8. The minimum absolute atomic E-state index is 0.00144. The molecule has 0 saturated carbocycles. The number of anilines is 1. The molecule has 0 unspecified atom stereocenters. The Morgan fingerprint density at radius 2 is 1.70 bits per heavy atom. The highest BCUT2D eigenvalue weighted by atomic mass is 127. The highest BCUT2D eigenvalue weighted by Crippen LogP contribution is 2.14. The molecule has 1 aromatic heterocycles. The molecule has 2 N–H and O–H groups in total. The van der Waals surface area contributed by atoms with E-state index >= 15 is 0 Å². The molecular formula is C20H14FIN2O3. The Morgan fingerprint density at radius 1 is 1.00 bits per heavy atom. The average molecular weight is 476 g/mol. The lowest BCUT2D eigenvalue weighted by molar-refractivity contribution is -0.113. The van der Waals surface area contributed by atoms with Gasteiger partial charge in [0.25, 0.3) is 11.8 Å². The van der Waals surface area contributed by atoms with Crippen LogP contribution in [0.25, 0.3) is 6.08 Å². The second-order valence-electron chi connectivity index (χ2n) is 5.50. The molecule has 7 heteroatoms. The Bertz CT molecular complexity index is 965. The van der Waals surface area contributed by atoms with Gasteiger partial charge in [0.2, 0.25) is 0 Å². The number of hydrogen-bond donors (Lipinski definition) is 2. The Kier molecular flexibility index (Phi) is 6.02. The van der Waals surface area contributed by atoms with Gasteiger partial charge >= 0.3 is 0 Å². The van der Waals surface area contributed by atoms with E-state index in [0.717, 1.165) is 3.57 Å². The molecule has 0 fully saturated rings. The fourth-order valence-electron chi connectivity index (χ4n) is 2.21. The Hall–Kier alpha value is -2.94. The van der Waals surface area contributed by atoms with Crippen LogP contribution in [0.2, 0.25) is 0 Å². The first-order valence-corrected chi connectivity index (χ1v) is 8.98. The number of rotatable bonds is 5. The van der Waals surface area contributed by atoms with Crippen molar-refractivity contribution in [3.63, 3.8) is 0 Å². The number of furan rings is 1. The van der Waals surface area contributed by atoms with Gasteiger partial charge in [-0.1, -0.05) is 12.1 Å². The van der Waals surface area contributed by atoms with Gasteiger partial charge in [-0.2, -0.15) is 0 Å². The molecule has 0 atom stereocenters. The smallest absolute Gasteiger partial charge is 0.291 e. The van der Waals surface area contributed by atoms with Gasteiger partial charge in [-0.25, -0.2) is 4.39 Å². The van der Waals surface area contributed by atoms with Gasteiger partial charge in [0.1, 0.15) is 11.5 Å². The summed E-state index contributed by atoms with van der Waals surface area (Å²) >= 11 is 2.16. The van der Waals surface area contributed by atoms with E-state index in [4.69, 9.17) is 4.42 Å². The average Bonchev–Trinajstić information content (AvgIpc) is 3.19.